The smallest absolute Gasteiger partial charge is 0.324 e. The summed E-state index contributed by atoms with van der Waals surface area (Å²) in [6.45, 7) is 9.62. The van der Waals surface area contributed by atoms with E-state index in [1.807, 2.05) is 0 Å². The fourth-order valence-electron chi connectivity index (χ4n) is 3.91. The lowest BCUT2D eigenvalue weighted by Crippen LogP contribution is -1.97. The molecule has 0 heterocycles. The molecule has 1 N–H and O–H groups in total. The van der Waals surface area contributed by atoms with Crippen LogP contribution in [0.4, 0.5) is 0 Å². The van der Waals surface area contributed by atoms with Gasteiger partial charge in [0.1, 0.15) is 0 Å². The van der Waals surface area contributed by atoms with Crippen LogP contribution < -0.4 is 0 Å². The number of rotatable bonds is 23. The second kappa shape index (κ2) is 21.0. The van der Waals surface area contributed by atoms with E-state index in [9.17, 15) is 9.46 Å². The van der Waals surface area contributed by atoms with Crippen LogP contribution >= 0.6 is 7.60 Å². The summed E-state index contributed by atoms with van der Waals surface area (Å²) in [6, 6.07) is 0. The van der Waals surface area contributed by atoms with Crippen molar-refractivity contribution in [3.63, 3.8) is 0 Å². The standard InChI is InChI=1S/C26H55O3P/c1-25(2)21-17-13-9-5-7-11-15-19-23-29-30(27,28)24-20-16-12-8-6-10-14-18-22-26(3)4/h25-26H,5-24H2,1-4H3,(H,27,28). The molecule has 1 atom stereocenters. The normalized spacial score (nSPS) is 14.0. The molecule has 0 bridgehead atoms. The fraction of sp³-hybridized carbons (Fsp3) is 1.00. The van der Waals surface area contributed by atoms with Crippen LogP contribution in [0.1, 0.15) is 143 Å². The maximum atomic E-state index is 12.1. The van der Waals surface area contributed by atoms with Gasteiger partial charge < -0.3 is 9.42 Å². The van der Waals surface area contributed by atoms with Gasteiger partial charge in [-0.1, -0.05) is 130 Å². The quantitative estimate of drug-likeness (QED) is 0.125. The van der Waals surface area contributed by atoms with Crippen molar-refractivity contribution in [2.75, 3.05) is 12.8 Å². The Morgan fingerprint density at radius 2 is 0.900 bits per heavy atom. The van der Waals surface area contributed by atoms with Crippen LogP contribution in [-0.2, 0) is 9.09 Å². The molecular formula is C26H55O3P. The minimum absolute atomic E-state index is 0.331. The van der Waals surface area contributed by atoms with E-state index < -0.39 is 7.60 Å². The van der Waals surface area contributed by atoms with E-state index in [0.717, 1.165) is 37.5 Å². The molecule has 0 saturated heterocycles. The number of hydrogen-bond donors (Lipinski definition) is 1. The number of unbranched alkanes of at least 4 members (excludes halogenated alkanes) is 14. The predicted octanol–water partition coefficient (Wildman–Crippen LogP) is 9.52. The van der Waals surface area contributed by atoms with Crippen LogP contribution in [0.3, 0.4) is 0 Å². The zero-order valence-corrected chi connectivity index (χ0v) is 21.9. The molecule has 0 saturated carbocycles. The van der Waals surface area contributed by atoms with Crippen molar-refractivity contribution in [3.8, 4) is 0 Å². The van der Waals surface area contributed by atoms with Crippen LogP contribution in [-0.4, -0.2) is 17.7 Å². The molecule has 0 radical (unpaired) electrons. The summed E-state index contributed by atoms with van der Waals surface area (Å²) in [6.07, 6.45) is 22.7. The molecule has 0 aromatic heterocycles. The molecule has 3 nitrogen and oxygen atoms in total. The lowest BCUT2D eigenvalue weighted by atomic mass is 10.0. The number of hydrogen-bond acceptors (Lipinski definition) is 2. The van der Waals surface area contributed by atoms with E-state index in [-0.39, 0.29) is 0 Å². The van der Waals surface area contributed by atoms with Crippen LogP contribution in [0, 0.1) is 11.8 Å². The molecule has 0 rings (SSSR count). The lowest BCUT2D eigenvalue weighted by molar-refractivity contribution is 0.251. The largest absolute Gasteiger partial charge is 0.328 e. The Kier molecular flexibility index (Phi) is 21.1. The molecule has 30 heavy (non-hydrogen) atoms. The fourth-order valence-corrected chi connectivity index (χ4v) is 5.08. The van der Waals surface area contributed by atoms with Gasteiger partial charge in [0.15, 0.2) is 0 Å². The highest BCUT2D eigenvalue weighted by Gasteiger charge is 2.17. The van der Waals surface area contributed by atoms with Gasteiger partial charge in [0.2, 0.25) is 0 Å². The van der Waals surface area contributed by atoms with Gasteiger partial charge in [0, 0.05) is 6.16 Å². The van der Waals surface area contributed by atoms with Gasteiger partial charge in [-0.05, 0) is 24.7 Å². The van der Waals surface area contributed by atoms with Gasteiger partial charge in [-0.3, -0.25) is 4.57 Å². The van der Waals surface area contributed by atoms with Crippen molar-refractivity contribution < 1.29 is 14.0 Å². The Labute approximate surface area is 189 Å². The minimum atomic E-state index is -3.35. The Balaban J connectivity index is 3.34. The van der Waals surface area contributed by atoms with Crippen molar-refractivity contribution >= 4 is 7.60 Å². The first kappa shape index (κ1) is 30.1. The maximum Gasteiger partial charge on any atom is 0.328 e. The van der Waals surface area contributed by atoms with E-state index in [4.69, 9.17) is 4.52 Å². The minimum Gasteiger partial charge on any atom is -0.324 e. The van der Waals surface area contributed by atoms with Crippen LogP contribution in [0.25, 0.3) is 0 Å². The first-order valence-corrected chi connectivity index (χ1v) is 15.1. The Bertz CT molecular complexity index is 396. The molecule has 1 unspecified atom stereocenters. The monoisotopic (exact) mass is 446 g/mol. The topological polar surface area (TPSA) is 46.5 Å². The van der Waals surface area contributed by atoms with Crippen LogP contribution in [0.5, 0.6) is 0 Å². The highest BCUT2D eigenvalue weighted by atomic mass is 31.2. The lowest BCUT2D eigenvalue weighted by Gasteiger charge is -2.12. The Morgan fingerprint density at radius 3 is 1.30 bits per heavy atom. The maximum absolute atomic E-state index is 12.1. The second-order valence-corrected chi connectivity index (χ2v) is 12.2. The third-order valence-electron chi connectivity index (χ3n) is 5.94. The summed E-state index contributed by atoms with van der Waals surface area (Å²) in [5.74, 6) is 1.66. The van der Waals surface area contributed by atoms with Gasteiger partial charge in [0.25, 0.3) is 0 Å². The third kappa shape index (κ3) is 24.4. The Morgan fingerprint density at radius 1 is 0.567 bits per heavy atom. The molecule has 0 aliphatic carbocycles. The first-order valence-electron chi connectivity index (χ1n) is 13.3. The van der Waals surface area contributed by atoms with Gasteiger partial charge in [0.05, 0.1) is 6.61 Å². The SMILES string of the molecule is CC(C)CCCCCCCCCCOP(=O)(O)CCCCCCCCCCC(C)C. The Hall–Kier alpha value is 0.150. The van der Waals surface area contributed by atoms with Crippen molar-refractivity contribution in [2.24, 2.45) is 11.8 Å². The molecule has 0 aromatic rings. The van der Waals surface area contributed by atoms with Crippen LogP contribution in [0.2, 0.25) is 0 Å². The van der Waals surface area contributed by atoms with Gasteiger partial charge in [-0.25, -0.2) is 0 Å². The van der Waals surface area contributed by atoms with Crippen molar-refractivity contribution in [2.45, 2.75) is 143 Å². The molecule has 4 heteroatoms. The summed E-state index contributed by atoms with van der Waals surface area (Å²) in [5.41, 5.74) is 0. The summed E-state index contributed by atoms with van der Waals surface area (Å²) >= 11 is 0. The molecular weight excluding hydrogens is 391 g/mol. The van der Waals surface area contributed by atoms with E-state index in [1.54, 1.807) is 0 Å². The summed E-state index contributed by atoms with van der Waals surface area (Å²) in [4.78, 5) is 9.95. The van der Waals surface area contributed by atoms with Gasteiger partial charge in [-0.15, -0.1) is 0 Å². The average molecular weight is 447 g/mol. The second-order valence-electron chi connectivity index (χ2n) is 10.2. The highest BCUT2D eigenvalue weighted by Crippen LogP contribution is 2.43. The van der Waals surface area contributed by atoms with Crippen molar-refractivity contribution in [1.82, 2.24) is 0 Å². The van der Waals surface area contributed by atoms with Crippen molar-refractivity contribution in [1.29, 1.82) is 0 Å². The third-order valence-corrected chi connectivity index (χ3v) is 7.41. The van der Waals surface area contributed by atoms with Crippen molar-refractivity contribution in [3.05, 3.63) is 0 Å². The average Bonchev–Trinajstić information content (AvgIpc) is 2.67. The zero-order valence-electron chi connectivity index (χ0n) is 21.0. The predicted molar refractivity (Wildman–Crippen MR) is 133 cm³/mol. The summed E-state index contributed by atoms with van der Waals surface area (Å²) < 4.78 is 17.4. The molecule has 182 valence electrons. The van der Waals surface area contributed by atoms with E-state index in [0.29, 0.717) is 12.8 Å². The molecule has 0 spiro atoms. The summed E-state index contributed by atoms with van der Waals surface area (Å²) in [5, 5.41) is 0. The zero-order chi connectivity index (χ0) is 22.5. The van der Waals surface area contributed by atoms with E-state index in [2.05, 4.69) is 27.7 Å². The molecule has 0 aliphatic heterocycles. The molecule has 0 aromatic carbocycles. The molecule has 0 aliphatic rings. The highest BCUT2D eigenvalue weighted by molar-refractivity contribution is 7.52. The molecule has 0 amide bonds. The van der Waals surface area contributed by atoms with Gasteiger partial charge >= 0.3 is 7.60 Å². The van der Waals surface area contributed by atoms with Gasteiger partial charge in [-0.2, -0.15) is 0 Å². The van der Waals surface area contributed by atoms with E-state index >= 15 is 0 Å². The van der Waals surface area contributed by atoms with E-state index in [1.165, 1.54) is 89.9 Å². The molecule has 0 fully saturated rings. The summed E-state index contributed by atoms with van der Waals surface area (Å²) in [7, 11) is -3.35. The van der Waals surface area contributed by atoms with Crippen LogP contribution in [0.15, 0.2) is 0 Å². The first-order chi connectivity index (χ1) is 14.3.